The van der Waals surface area contributed by atoms with Crippen LogP contribution in [0.5, 0.6) is 0 Å². The van der Waals surface area contributed by atoms with Gasteiger partial charge in [0.25, 0.3) is 0 Å². The molecular weight excluding hydrogens is 144 g/mol. The second-order valence-electron chi connectivity index (χ2n) is 2.80. The highest BCUT2D eigenvalue weighted by atomic mass is 28.2. The van der Waals surface area contributed by atoms with Gasteiger partial charge in [0, 0.05) is 7.11 Å². The molecule has 0 aromatic carbocycles. The van der Waals surface area contributed by atoms with E-state index in [1.54, 1.807) is 0 Å². The average Bonchev–Trinajstić information content (AvgIpc) is 2.71. The molecule has 0 spiro atoms. The second kappa shape index (κ2) is 4.88. The predicted molar refractivity (Wildman–Crippen MR) is 44.0 cm³/mol. The number of ether oxygens (including phenoxy) is 1. The molecule has 1 rings (SSSR count). The molecule has 0 saturated carbocycles. The van der Waals surface area contributed by atoms with Gasteiger partial charge in [-0.25, -0.2) is 0 Å². The molecule has 0 bridgehead atoms. The van der Waals surface area contributed by atoms with Crippen LogP contribution in [-0.2, 0) is 9.16 Å². The summed E-state index contributed by atoms with van der Waals surface area (Å²) in [6.45, 7) is 1.02. The zero-order valence-electron chi connectivity index (χ0n) is 6.64. The van der Waals surface area contributed by atoms with E-state index in [1.807, 2.05) is 7.11 Å². The Morgan fingerprint density at radius 2 is 2.40 bits per heavy atom. The van der Waals surface area contributed by atoms with Crippen molar-refractivity contribution in [2.45, 2.75) is 31.4 Å². The molecule has 0 aliphatic carbocycles. The SMILES string of the molecule is CO[SiH2]CCCCC1CO1. The summed E-state index contributed by atoms with van der Waals surface area (Å²) in [5.41, 5.74) is 0. The van der Waals surface area contributed by atoms with Crippen LogP contribution in [0.2, 0.25) is 6.04 Å². The molecule has 1 saturated heterocycles. The van der Waals surface area contributed by atoms with E-state index in [4.69, 9.17) is 9.16 Å². The highest BCUT2D eigenvalue weighted by molar-refractivity contribution is 6.26. The lowest BCUT2D eigenvalue weighted by molar-refractivity contribution is 0.389. The monoisotopic (exact) mass is 160 g/mol. The van der Waals surface area contributed by atoms with E-state index >= 15 is 0 Å². The summed E-state index contributed by atoms with van der Waals surface area (Å²) < 4.78 is 10.2. The number of hydrogen-bond acceptors (Lipinski definition) is 2. The minimum atomic E-state index is -0.144. The molecule has 2 nitrogen and oxygen atoms in total. The highest BCUT2D eigenvalue weighted by Crippen LogP contribution is 2.16. The number of epoxide rings is 1. The van der Waals surface area contributed by atoms with Crippen molar-refractivity contribution in [2.75, 3.05) is 13.7 Å². The van der Waals surface area contributed by atoms with Crippen LogP contribution in [0, 0.1) is 0 Å². The summed E-state index contributed by atoms with van der Waals surface area (Å²) in [6, 6.07) is 1.34. The first-order chi connectivity index (χ1) is 4.93. The normalized spacial score (nSPS) is 24.3. The van der Waals surface area contributed by atoms with Crippen molar-refractivity contribution in [2.24, 2.45) is 0 Å². The van der Waals surface area contributed by atoms with Gasteiger partial charge in [0.15, 0.2) is 9.76 Å². The van der Waals surface area contributed by atoms with Crippen molar-refractivity contribution >= 4 is 9.76 Å². The maximum Gasteiger partial charge on any atom is 0.161 e. The van der Waals surface area contributed by atoms with Gasteiger partial charge in [0.1, 0.15) is 0 Å². The summed E-state index contributed by atoms with van der Waals surface area (Å²) in [4.78, 5) is 0. The molecule has 0 N–H and O–H groups in total. The minimum Gasteiger partial charge on any atom is -0.427 e. The van der Waals surface area contributed by atoms with E-state index < -0.39 is 0 Å². The topological polar surface area (TPSA) is 21.8 Å². The van der Waals surface area contributed by atoms with Crippen molar-refractivity contribution in [1.29, 1.82) is 0 Å². The van der Waals surface area contributed by atoms with Gasteiger partial charge in [-0.05, 0) is 12.5 Å². The van der Waals surface area contributed by atoms with Crippen LogP contribution in [-0.4, -0.2) is 29.6 Å². The molecule has 3 heteroatoms. The van der Waals surface area contributed by atoms with Gasteiger partial charge in [-0.3, -0.25) is 0 Å². The van der Waals surface area contributed by atoms with Crippen LogP contribution >= 0.6 is 0 Å². The van der Waals surface area contributed by atoms with Crippen molar-refractivity contribution in [3.05, 3.63) is 0 Å². The molecule has 0 aromatic rings. The molecule has 1 heterocycles. The Kier molecular flexibility index (Phi) is 4.02. The van der Waals surface area contributed by atoms with Crippen LogP contribution in [0.15, 0.2) is 0 Å². The Balaban J connectivity index is 1.68. The molecule has 1 aliphatic heterocycles. The van der Waals surface area contributed by atoms with Crippen LogP contribution in [0.1, 0.15) is 19.3 Å². The van der Waals surface area contributed by atoms with Crippen LogP contribution < -0.4 is 0 Å². The maximum atomic E-state index is 5.10. The van der Waals surface area contributed by atoms with E-state index in [2.05, 4.69) is 0 Å². The average molecular weight is 160 g/mol. The third-order valence-electron chi connectivity index (χ3n) is 1.78. The van der Waals surface area contributed by atoms with Gasteiger partial charge in [-0.1, -0.05) is 12.8 Å². The standard InChI is InChI=1S/C7H16O2Si/c1-8-10-5-3-2-4-7-6-9-7/h7H,2-6,10H2,1H3. The zero-order chi connectivity index (χ0) is 7.23. The number of hydrogen-bond donors (Lipinski definition) is 0. The van der Waals surface area contributed by atoms with Crippen molar-refractivity contribution < 1.29 is 9.16 Å². The van der Waals surface area contributed by atoms with E-state index in [-0.39, 0.29) is 9.76 Å². The Bertz CT molecular complexity index is 83.7. The van der Waals surface area contributed by atoms with E-state index in [9.17, 15) is 0 Å². The van der Waals surface area contributed by atoms with Crippen LogP contribution in [0.25, 0.3) is 0 Å². The molecule has 10 heavy (non-hydrogen) atoms. The van der Waals surface area contributed by atoms with Gasteiger partial charge >= 0.3 is 0 Å². The Morgan fingerprint density at radius 3 is 3.00 bits per heavy atom. The van der Waals surface area contributed by atoms with Crippen molar-refractivity contribution in [3.63, 3.8) is 0 Å². The summed E-state index contributed by atoms with van der Waals surface area (Å²) in [5, 5.41) is 0. The van der Waals surface area contributed by atoms with Gasteiger partial charge in [0.05, 0.1) is 12.7 Å². The molecule has 1 aliphatic rings. The molecule has 60 valence electrons. The van der Waals surface area contributed by atoms with Gasteiger partial charge in [-0.15, -0.1) is 0 Å². The zero-order valence-corrected chi connectivity index (χ0v) is 8.05. The second-order valence-corrected chi connectivity index (χ2v) is 4.49. The molecule has 1 fully saturated rings. The Morgan fingerprint density at radius 1 is 1.60 bits per heavy atom. The lowest BCUT2D eigenvalue weighted by Crippen LogP contribution is -1.93. The molecular formula is C7H16O2Si. The fraction of sp³-hybridized carbons (Fsp3) is 1.00. The first-order valence-electron chi connectivity index (χ1n) is 4.04. The lowest BCUT2D eigenvalue weighted by atomic mass is 10.2. The Labute approximate surface area is 64.8 Å². The third-order valence-corrected chi connectivity index (χ3v) is 2.97. The fourth-order valence-electron chi connectivity index (χ4n) is 1.03. The Hall–Kier alpha value is 0.137. The van der Waals surface area contributed by atoms with Crippen molar-refractivity contribution in [1.82, 2.24) is 0 Å². The van der Waals surface area contributed by atoms with E-state index in [0.717, 1.165) is 6.61 Å². The van der Waals surface area contributed by atoms with Gasteiger partial charge < -0.3 is 9.16 Å². The number of rotatable bonds is 6. The largest absolute Gasteiger partial charge is 0.427 e. The molecule has 0 radical (unpaired) electrons. The minimum absolute atomic E-state index is 0.144. The first-order valence-corrected chi connectivity index (χ1v) is 5.62. The van der Waals surface area contributed by atoms with Gasteiger partial charge in [0.2, 0.25) is 0 Å². The quantitative estimate of drug-likeness (QED) is 0.324. The molecule has 0 amide bonds. The summed E-state index contributed by atoms with van der Waals surface area (Å²) in [6.07, 6.45) is 4.59. The summed E-state index contributed by atoms with van der Waals surface area (Å²) in [5.74, 6) is 0. The predicted octanol–water partition coefficient (Wildman–Crippen LogP) is 0.704. The maximum absolute atomic E-state index is 5.10. The van der Waals surface area contributed by atoms with Crippen LogP contribution in [0.3, 0.4) is 0 Å². The number of unbranched alkanes of at least 4 members (excludes halogenated alkanes) is 1. The van der Waals surface area contributed by atoms with E-state index in [1.165, 1.54) is 25.3 Å². The van der Waals surface area contributed by atoms with E-state index in [0.29, 0.717) is 6.10 Å². The smallest absolute Gasteiger partial charge is 0.161 e. The highest BCUT2D eigenvalue weighted by Gasteiger charge is 2.20. The summed E-state index contributed by atoms with van der Waals surface area (Å²) in [7, 11) is 1.67. The first kappa shape index (κ1) is 8.24. The van der Waals surface area contributed by atoms with Crippen molar-refractivity contribution in [3.8, 4) is 0 Å². The van der Waals surface area contributed by atoms with Crippen LogP contribution in [0.4, 0.5) is 0 Å². The third kappa shape index (κ3) is 4.03. The lowest BCUT2D eigenvalue weighted by Gasteiger charge is -1.96. The molecule has 1 atom stereocenters. The fourth-order valence-corrected chi connectivity index (χ4v) is 1.88. The molecule has 0 aromatic heterocycles. The molecule has 1 unspecified atom stereocenters. The van der Waals surface area contributed by atoms with Gasteiger partial charge in [-0.2, -0.15) is 0 Å². The summed E-state index contributed by atoms with van der Waals surface area (Å²) >= 11 is 0.